The van der Waals surface area contributed by atoms with E-state index in [-0.39, 0.29) is 49.1 Å². The highest BCUT2D eigenvalue weighted by atomic mass is 35.5. The van der Waals surface area contributed by atoms with Crippen molar-refractivity contribution in [1.29, 1.82) is 0 Å². The number of anilines is 1. The molecule has 1 saturated heterocycles. The Bertz CT molecular complexity index is 506. The normalized spacial score (nSPS) is 15.3. The minimum Gasteiger partial charge on any atom is -0.360 e. The third-order valence-corrected chi connectivity index (χ3v) is 4.81. The summed E-state index contributed by atoms with van der Waals surface area (Å²) in [7, 11) is 0. The number of nitrogens with zero attached hydrogens (tertiary/aromatic N) is 2. The van der Waals surface area contributed by atoms with E-state index < -0.39 is 6.04 Å². The number of piperazine rings is 1. The highest BCUT2D eigenvalue weighted by Gasteiger charge is 2.23. The quantitative estimate of drug-likeness (QED) is 0.786. The number of carbonyl (C=O) groups excluding carboxylic acids is 2. The van der Waals surface area contributed by atoms with Gasteiger partial charge in [-0.15, -0.1) is 36.2 Å². The molecule has 1 aromatic heterocycles. The van der Waals surface area contributed by atoms with Crippen molar-refractivity contribution >= 4 is 53.0 Å². The standard InChI is InChI=1S/C15H24N4O2S.2ClH/c1-11(2)14(16)15(21)17-10-12(20)18-5-7-19(8-6-18)13-4-3-9-22-13;;/h3-4,9,11,14H,5-8,10,16H2,1-2H3,(H,17,21);2*1H/t14-;;/m0../s1. The molecule has 3 N–H and O–H groups in total. The molecule has 0 saturated carbocycles. The van der Waals surface area contributed by atoms with Crippen LogP contribution in [0.2, 0.25) is 0 Å². The third kappa shape index (κ3) is 6.12. The molecule has 2 amide bonds. The van der Waals surface area contributed by atoms with Crippen LogP contribution in [0.5, 0.6) is 0 Å². The maximum absolute atomic E-state index is 12.1. The van der Waals surface area contributed by atoms with Crippen LogP contribution < -0.4 is 16.0 Å². The van der Waals surface area contributed by atoms with E-state index in [4.69, 9.17) is 5.73 Å². The Labute approximate surface area is 159 Å². The van der Waals surface area contributed by atoms with E-state index in [0.717, 1.165) is 13.1 Å². The summed E-state index contributed by atoms with van der Waals surface area (Å²) in [5, 5.41) is 5.93. The summed E-state index contributed by atoms with van der Waals surface area (Å²) in [6.45, 7) is 6.81. The molecular formula is C15H26Cl2N4O2S. The summed E-state index contributed by atoms with van der Waals surface area (Å²) >= 11 is 1.71. The second kappa shape index (κ2) is 10.8. The Hall–Kier alpha value is -1.02. The molecule has 138 valence electrons. The summed E-state index contributed by atoms with van der Waals surface area (Å²) in [4.78, 5) is 28.0. The lowest BCUT2D eigenvalue weighted by Gasteiger charge is -2.35. The predicted molar refractivity (Wildman–Crippen MR) is 103 cm³/mol. The zero-order valence-corrected chi connectivity index (χ0v) is 16.4. The Kier molecular flexibility index (Phi) is 10.3. The lowest BCUT2D eigenvalue weighted by Crippen LogP contribution is -2.52. The zero-order valence-electron chi connectivity index (χ0n) is 13.9. The van der Waals surface area contributed by atoms with Crippen molar-refractivity contribution in [3.05, 3.63) is 17.5 Å². The maximum atomic E-state index is 12.1. The highest BCUT2D eigenvalue weighted by Crippen LogP contribution is 2.22. The van der Waals surface area contributed by atoms with Crippen LogP contribution in [0.4, 0.5) is 5.00 Å². The van der Waals surface area contributed by atoms with Crippen LogP contribution >= 0.6 is 36.2 Å². The molecule has 0 unspecified atom stereocenters. The van der Waals surface area contributed by atoms with Crippen molar-refractivity contribution in [3.8, 4) is 0 Å². The van der Waals surface area contributed by atoms with Crippen LogP contribution in [0.25, 0.3) is 0 Å². The van der Waals surface area contributed by atoms with Gasteiger partial charge in [0.05, 0.1) is 17.6 Å². The van der Waals surface area contributed by atoms with Gasteiger partial charge in [-0.2, -0.15) is 0 Å². The Morgan fingerprint density at radius 2 is 1.88 bits per heavy atom. The number of rotatable bonds is 5. The molecule has 0 aliphatic carbocycles. The minimum atomic E-state index is -0.566. The molecular weight excluding hydrogens is 371 g/mol. The number of thiophene rings is 1. The van der Waals surface area contributed by atoms with E-state index in [1.54, 1.807) is 16.2 Å². The molecule has 9 heteroatoms. The van der Waals surface area contributed by atoms with E-state index in [0.29, 0.717) is 13.1 Å². The molecule has 0 aromatic carbocycles. The number of carbonyl (C=O) groups is 2. The van der Waals surface area contributed by atoms with Crippen molar-refractivity contribution in [2.75, 3.05) is 37.6 Å². The fourth-order valence-electron chi connectivity index (χ4n) is 2.32. The van der Waals surface area contributed by atoms with Crippen molar-refractivity contribution in [2.24, 2.45) is 11.7 Å². The van der Waals surface area contributed by atoms with Crippen molar-refractivity contribution < 1.29 is 9.59 Å². The van der Waals surface area contributed by atoms with Gasteiger partial charge >= 0.3 is 0 Å². The number of halogens is 2. The molecule has 2 heterocycles. The average molecular weight is 397 g/mol. The first-order valence-corrected chi connectivity index (χ1v) is 8.46. The van der Waals surface area contributed by atoms with Gasteiger partial charge < -0.3 is 20.9 Å². The van der Waals surface area contributed by atoms with Gasteiger partial charge in [-0.25, -0.2) is 0 Å². The minimum absolute atomic E-state index is 0. The molecule has 24 heavy (non-hydrogen) atoms. The zero-order chi connectivity index (χ0) is 16.1. The van der Waals surface area contributed by atoms with E-state index >= 15 is 0 Å². The molecule has 6 nitrogen and oxygen atoms in total. The van der Waals surface area contributed by atoms with E-state index in [9.17, 15) is 9.59 Å². The first-order valence-electron chi connectivity index (χ1n) is 7.58. The molecule has 1 fully saturated rings. The Morgan fingerprint density at radius 1 is 1.25 bits per heavy atom. The van der Waals surface area contributed by atoms with E-state index in [1.807, 2.05) is 19.9 Å². The maximum Gasteiger partial charge on any atom is 0.242 e. The van der Waals surface area contributed by atoms with Crippen molar-refractivity contribution in [3.63, 3.8) is 0 Å². The summed E-state index contributed by atoms with van der Waals surface area (Å²) in [6, 6.07) is 3.56. The molecule has 2 rings (SSSR count). The first kappa shape index (κ1) is 23.0. The Morgan fingerprint density at radius 3 is 2.38 bits per heavy atom. The predicted octanol–water partition coefficient (Wildman–Crippen LogP) is 1.34. The summed E-state index contributed by atoms with van der Waals surface area (Å²) in [5.41, 5.74) is 5.75. The summed E-state index contributed by atoms with van der Waals surface area (Å²) in [5.74, 6) is -0.250. The fraction of sp³-hybridized carbons (Fsp3) is 0.600. The van der Waals surface area contributed by atoms with Crippen LogP contribution in [0.1, 0.15) is 13.8 Å². The number of hydrogen-bond acceptors (Lipinski definition) is 5. The van der Waals surface area contributed by atoms with E-state index in [1.165, 1.54) is 5.00 Å². The van der Waals surface area contributed by atoms with Gasteiger partial charge in [0, 0.05) is 26.2 Å². The van der Waals surface area contributed by atoms with Crippen LogP contribution in [0, 0.1) is 5.92 Å². The lowest BCUT2D eigenvalue weighted by molar-refractivity contribution is -0.133. The largest absolute Gasteiger partial charge is 0.360 e. The van der Waals surface area contributed by atoms with Crippen molar-refractivity contribution in [2.45, 2.75) is 19.9 Å². The van der Waals surface area contributed by atoms with Crippen LogP contribution in [-0.2, 0) is 9.59 Å². The van der Waals surface area contributed by atoms with Crippen LogP contribution in [0.15, 0.2) is 17.5 Å². The molecule has 1 aliphatic rings. The Balaban J connectivity index is 0.00000264. The third-order valence-electron chi connectivity index (χ3n) is 3.89. The molecule has 1 atom stereocenters. The second-order valence-corrected chi connectivity index (χ2v) is 6.73. The molecule has 1 aliphatic heterocycles. The fourth-order valence-corrected chi connectivity index (χ4v) is 3.11. The summed E-state index contributed by atoms with van der Waals surface area (Å²) in [6.07, 6.45) is 0. The monoisotopic (exact) mass is 396 g/mol. The molecule has 0 radical (unpaired) electrons. The van der Waals surface area contributed by atoms with Crippen molar-refractivity contribution in [1.82, 2.24) is 10.2 Å². The van der Waals surface area contributed by atoms with Crippen LogP contribution in [0.3, 0.4) is 0 Å². The van der Waals surface area contributed by atoms with Gasteiger partial charge in [-0.1, -0.05) is 13.8 Å². The first-order chi connectivity index (χ1) is 10.5. The average Bonchev–Trinajstić information content (AvgIpc) is 3.06. The molecule has 0 bridgehead atoms. The van der Waals surface area contributed by atoms with Gasteiger partial charge in [-0.3, -0.25) is 9.59 Å². The van der Waals surface area contributed by atoms with E-state index in [2.05, 4.69) is 21.7 Å². The molecule has 1 aromatic rings. The summed E-state index contributed by atoms with van der Waals surface area (Å²) < 4.78 is 0. The lowest BCUT2D eigenvalue weighted by atomic mass is 10.1. The number of nitrogens with one attached hydrogen (secondary N) is 1. The van der Waals surface area contributed by atoms with Gasteiger partial charge in [0.1, 0.15) is 0 Å². The van der Waals surface area contributed by atoms with Gasteiger partial charge in [0.2, 0.25) is 11.8 Å². The number of hydrogen-bond donors (Lipinski definition) is 2. The molecule has 0 spiro atoms. The number of nitrogens with two attached hydrogens (primary N) is 1. The smallest absolute Gasteiger partial charge is 0.242 e. The second-order valence-electron chi connectivity index (χ2n) is 5.81. The van der Waals surface area contributed by atoms with Gasteiger partial charge in [-0.05, 0) is 23.4 Å². The SMILES string of the molecule is CC(C)[C@H](N)C(=O)NCC(=O)N1CCN(c2cccs2)CC1.Cl.Cl. The van der Waals surface area contributed by atoms with Crippen LogP contribution in [-0.4, -0.2) is 55.5 Å². The number of amides is 2. The highest BCUT2D eigenvalue weighted by molar-refractivity contribution is 7.14. The topological polar surface area (TPSA) is 78.7 Å². The van der Waals surface area contributed by atoms with Gasteiger partial charge in [0.15, 0.2) is 0 Å². The van der Waals surface area contributed by atoms with Gasteiger partial charge in [0.25, 0.3) is 0 Å².